The SMILES string of the molecule is Cc1cncc2c(-c3ccc(F)cc3C(=O)N3CCOC[C@H]3C)cc(CC3CN(CC4CCO4)C3)n12. The molecule has 6 rings (SSSR count). The van der Waals surface area contributed by atoms with Crippen LogP contribution in [0.25, 0.3) is 16.6 Å². The van der Waals surface area contributed by atoms with Crippen molar-refractivity contribution in [3.8, 4) is 11.1 Å². The molecule has 190 valence electrons. The standard InChI is InChI=1S/C28H33FN4O3/c1-18-12-30-13-27-25(11-22(33(18)27)9-20-14-31(15-20)16-23-5-7-36-23)24-4-3-21(29)10-26(24)28(34)32-6-8-35-17-19(32)2/h3-4,10-13,19-20,23H,5-9,14-17H2,1-2H3/t19-,23?/m1/s1. The van der Waals surface area contributed by atoms with Gasteiger partial charge in [-0.2, -0.15) is 0 Å². The van der Waals surface area contributed by atoms with Crippen molar-refractivity contribution in [1.29, 1.82) is 0 Å². The Balaban J connectivity index is 1.33. The van der Waals surface area contributed by atoms with Gasteiger partial charge in [-0.3, -0.25) is 9.78 Å². The van der Waals surface area contributed by atoms with Gasteiger partial charge in [0, 0.05) is 55.9 Å². The van der Waals surface area contributed by atoms with Crippen molar-refractivity contribution in [3.63, 3.8) is 0 Å². The van der Waals surface area contributed by atoms with Crippen LogP contribution in [0.15, 0.2) is 36.7 Å². The number of ether oxygens (including phenoxy) is 2. The van der Waals surface area contributed by atoms with Crippen molar-refractivity contribution in [3.05, 3.63) is 59.4 Å². The Morgan fingerprint density at radius 1 is 1.17 bits per heavy atom. The summed E-state index contributed by atoms with van der Waals surface area (Å²) in [6, 6.07) is 6.67. The lowest BCUT2D eigenvalue weighted by Crippen LogP contribution is -2.52. The first-order chi connectivity index (χ1) is 17.5. The van der Waals surface area contributed by atoms with E-state index in [-0.39, 0.29) is 11.9 Å². The number of benzene rings is 1. The number of fused-ring (bicyclic) bond motifs is 1. The van der Waals surface area contributed by atoms with Gasteiger partial charge in [-0.1, -0.05) is 6.07 Å². The Bertz CT molecular complexity index is 1280. The predicted octanol–water partition coefficient (Wildman–Crippen LogP) is 3.57. The number of aromatic nitrogens is 2. The van der Waals surface area contributed by atoms with Crippen molar-refractivity contribution in [2.45, 2.75) is 38.8 Å². The maximum Gasteiger partial charge on any atom is 0.254 e. The molecule has 1 aromatic carbocycles. The van der Waals surface area contributed by atoms with Gasteiger partial charge in [0.15, 0.2) is 0 Å². The summed E-state index contributed by atoms with van der Waals surface area (Å²) in [4.78, 5) is 22.3. The summed E-state index contributed by atoms with van der Waals surface area (Å²) in [5.74, 6) is 0.00725. The predicted molar refractivity (Wildman–Crippen MR) is 135 cm³/mol. The van der Waals surface area contributed by atoms with Crippen LogP contribution in [-0.2, 0) is 15.9 Å². The van der Waals surface area contributed by atoms with Gasteiger partial charge in [0.05, 0.1) is 42.6 Å². The first-order valence-corrected chi connectivity index (χ1v) is 13.0. The normalized spacial score (nSPS) is 23.0. The molecule has 0 radical (unpaired) electrons. The summed E-state index contributed by atoms with van der Waals surface area (Å²) < 4.78 is 27.8. The van der Waals surface area contributed by atoms with Crippen molar-refractivity contribution in [1.82, 2.24) is 19.2 Å². The van der Waals surface area contributed by atoms with Crippen LogP contribution in [-0.4, -0.2) is 83.2 Å². The topological polar surface area (TPSA) is 59.3 Å². The highest BCUT2D eigenvalue weighted by Crippen LogP contribution is 2.34. The van der Waals surface area contributed by atoms with Crippen molar-refractivity contribution >= 4 is 11.4 Å². The number of hydrogen-bond acceptors (Lipinski definition) is 5. The van der Waals surface area contributed by atoms with E-state index in [4.69, 9.17) is 9.47 Å². The molecule has 2 atom stereocenters. The summed E-state index contributed by atoms with van der Waals surface area (Å²) in [6.45, 7) is 9.58. The molecule has 0 aliphatic carbocycles. The van der Waals surface area contributed by atoms with E-state index in [0.29, 0.717) is 37.3 Å². The zero-order chi connectivity index (χ0) is 24.8. The van der Waals surface area contributed by atoms with Crippen molar-refractivity contribution < 1.29 is 18.7 Å². The smallest absolute Gasteiger partial charge is 0.254 e. The van der Waals surface area contributed by atoms with E-state index in [0.717, 1.165) is 55.0 Å². The molecular formula is C28H33FN4O3. The number of hydrogen-bond donors (Lipinski definition) is 0. The average molecular weight is 493 g/mol. The maximum atomic E-state index is 14.4. The Morgan fingerprint density at radius 3 is 2.75 bits per heavy atom. The van der Waals surface area contributed by atoms with Crippen LogP contribution >= 0.6 is 0 Å². The average Bonchev–Trinajstić information content (AvgIpc) is 3.18. The lowest BCUT2D eigenvalue weighted by molar-refractivity contribution is -0.0818. The minimum Gasteiger partial charge on any atom is -0.377 e. The summed E-state index contributed by atoms with van der Waals surface area (Å²) in [5, 5.41) is 0. The van der Waals surface area contributed by atoms with Crippen LogP contribution in [0.1, 0.15) is 35.1 Å². The van der Waals surface area contributed by atoms with Gasteiger partial charge < -0.3 is 23.7 Å². The molecule has 3 aromatic rings. The van der Waals surface area contributed by atoms with Gasteiger partial charge in [-0.25, -0.2) is 4.39 Å². The van der Waals surface area contributed by atoms with E-state index < -0.39 is 5.82 Å². The second kappa shape index (κ2) is 9.57. The van der Waals surface area contributed by atoms with Crippen LogP contribution in [0, 0.1) is 18.7 Å². The monoisotopic (exact) mass is 492 g/mol. The lowest BCUT2D eigenvalue weighted by Gasteiger charge is -2.42. The zero-order valence-corrected chi connectivity index (χ0v) is 21.0. The molecule has 3 aliphatic rings. The second-order valence-electron chi connectivity index (χ2n) is 10.5. The molecule has 0 N–H and O–H groups in total. The number of halogens is 1. The number of amides is 1. The Kier molecular flexibility index (Phi) is 6.27. The molecular weight excluding hydrogens is 459 g/mol. The molecule has 3 saturated heterocycles. The van der Waals surface area contributed by atoms with E-state index in [2.05, 4.69) is 27.3 Å². The number of morpholine rings is 1. The maximum absolute atomic E-state index is 14.4. The fourth-order valence-corrected chi connectivity index (χ4v) is 5.84. The summed E-state index contributed by atoms with van der Waals surface area (Å²) in [5.41, 5.74) is 5.24. The van der Waals surface area contributed by atoms with E-state index >= 15 is 0 Å². The number of rotatable bonds is 6. The van der Waals surface area contributed by atoms with Gasteiger partial charge >= 0.3 is 0 Å². The van der Waals surface area contributed by atoms with Gasteiger partial charge in [-0.15, -0.1) is 0 Å². The third kappa shape index (κ3) is 4.31. The zero-order valence-electron chi connectivity index (χ0n) is 21.0. The number of likely N-dealkylation sites (tertiary alicyclic amines) is 1. The number of carbonyl (C=O) groups excluding carboxylic acids is 1. The van der Waals surface area contributed by atoms with Gasteiger partial charge in [0.25, 0.3) is 5.91 Å². The van der Waals surface area contributed by atoms with Gasteiger partial charge in [-0.05, 0) is 56.4 Å². The van der Waals surface area contributed by atoms with Crippen LogP contribution < -0.4 is 0 Å². The van der Waals surface area contributed by atoms with Crippen molar-refractivity contribution in [2.24, 2.45) is 5.92 Å². The molecule has 8 heteroatoms. The van der Waals surface area contributed by atoms with E-state index in [9.17, 15) is 9.18 Å². The molecule has 0 bridgehead atoms. The first kappa shape index (κ1) is 23.6. The molecule has 7 nitrogen and oxygen atoms in total. The summed E-state index contributed by atoms with van der Waals surface area (Å²) >= 11 is 0. The fourth-order valence-electron chi connectivity index (χ4n) is 5.84. The molecule has 2 aromatic heterocycles. The minimum atomic E-state index is -0.411. The highest BCUT2D eigenvalue weighted by molar-refractivity contribution is 6.03. The van der Waals surface area contributed by atoms with E-state index in [1.54, 1.807) is 11.0 Å². The summed E-state index contributed by atoms with van der Waals surface area (Å²) in [7, 11) is 0. The van der Waals surface area contributed by atoms with Gasteiger partial charge in [0.2, 0.25) is 0 Å². The molecule has 5 heterocycles. The Labute approximate surface area is 210 Å². The van der Waals surface area contributed by atoms with Gasteiger partial charge in [0.1, 0.15) is 5.82 Å². The van der Waals surface area contributed by atoms with Crippen LogP contribution in [0.3, 0.4) is 0 Å². The molecule has 3 aliphatic heterocycles. The van der Waals surface area contributed by atoms with Crippen LogP contribution in [0.4, 0.5) is 4.39 Å². The largest absolute Gasteiger partial charge is 0.377 e. The van der Waals surface area contributed by atoms with Crippen LogP contribution in [0.2, 0.25) is 0 Å². The molecule has 3 fully saturated rings. The number of nitrogens with zero attached hydrogens (tertiary/aromatic N) is 4. The van der Waals surface area contributed by atoms with E-state index in [1.807, 2.05) is 19.3 Å². The molecule has 1 unspecified atom stereocenters. The first-order valence-electron chi connectivity index (χ1n) is 13.0. The highest BCUT2D eigenvalue weighted by Gasteiger charge is 2.32. The van der Waals surface area contributed by atoms with E-state index in [1.165, 1.54) is 24.2 Å². The van der Waals surface area contributed by atoms with Crippen molar-refractivity contribution in [2.75, 3.05) is 46.0 Å². The fraction of sp³-hybridized carbons (Fsp3) is 0.500. The van der Waals surface area contributed by atoms with Crippen LogP contribution in [0.5, 0.6) is 0 Å². The third-order valence-electron chi connectivity index (χ3n) is 7.84. The third-order valence-corrected chi connectivity index (χ3v) is 7.84. The highest BCUT2D eigenvalue weighted by atomic mass is 19.1. The quantitative estimate of drug-likeness (QED) is 0.527. The molecule has 0 saturated carbocycles. The number of carbonyl (C=O) groups is 1. The Hall–Kier alpha value is -2.81. The molecule has 0 spiro atoms. The minimum absolute atomic E-state index is 0.0560. The lowest BCUT2D eigenvalue weighted by atomic mass is 9.93. The number of aryl methyl sites for hydroxylation is 1. The molecule has 1 amide bonds. The second-order valence-corrected chi connectivity index (χ2v) is 10.5. The molecule has 36 heavy (non-hydrogen) atoms. The Morgan fingerprint density at radius 2 is 2.00 bits per heavy atom. The summed E-state index contributed by atoms with van der Waals surface area (Å²) in [6.07, 6.45) is 6.24.